The van der Waals surface area contributed by atoms with Crippen LogP contribution >= 0.6 is 0 Å². The van der Waals surface area contributed by atoms with Crippen LogP contribution in [0.4, 0.5) is 13.2 Å². The summed E-state index contributed by atoms with van der Waals surface area (Å²) in [7, 11) is 0. The molecule has 1 aromatic heterocycles. The van der Waals surface area contributed by atoms with Gasteiger partial charge in [0.15, 0.2) is 5.69 Å². The summed E-state index contributed by atoms with van der Waals surface area (Å²) in [5, 5.41) is 3.57. The Bertz CT molecular complexity index is 500. The van der Waals surface area contributed by atoms with Crippen molar-refractivity contribution in [1.29, 1.82) is 0 Å². The topological polar surface area (TPSA) is 17.8 Å². The number of benzene rings is 1. The third-order valence-electron chi connectivity index (χ3n) is 2.44. The van der Waals surface area contributed by atoms with Gasteiger partial charge in [-0.3, -0.25) is 4.68 Å². The fraction of sp³-hybridized carbons (Fsp3) is 0.250. The summed E-state index contributed by atoms with van der Waals surface area (Å²) < 4.78 is 39.7. The van der Waals surface area contributed by atoms with Gasteiger partial charge >= 0.3 is 6.18 Å². The summed E-state index contributed by atoms with van der Waals surface area (Å²) in [4.78, 5) is 0. The Balaban J connectivity index is 2.57. The highest BCUT2D eigenvalue weighted by Gasteiger charge is 2.37. The first-order chi connectivity index (χ1) is 8.02. The molecule has 0 spiro atoms. The number of hydrogen-bond acceptors (Lipinski definition) is 1. The molecule has 0 fully saturated rings. The van der Waals surface area contributed by atoms with E-state index in [1.807, 2.05) is 0 Å². The van der Waals surface area contributed by atoms with E-state index in [4.69, 9.17) is 0 Å². The molecule has 1 aromatic carbocycles. The normalized spacial score (nSPS) is 11.8. The molecular formula is C12H11F3N2. The summed E-state index contributed by atoms with van der Waals surface area (Å²) in [6, 6.07) is 8.47. The molecular weight excluding hydrogens is 229 g/mol. The minimum atomic E-state index is -4.43. The van der Waals surface area contributed by atoms with E-state index in [-0.39, 0.29) is 5.56 Å². The monoisotopic (exact) mass is 240 g/mol. The Kier molecular flexibility index (Phi) is 2.92. The SMILES string of the molecule is CCn1cc(-c2ccccc2)c(C(F)(F)F)n1. The molecule has 2 aromatic rings. The number of hydrogen-bond donors (Lipinski definition) is 0. The standard InChI is InChI=1S/C12H11F3N2/c1-2-17-8-10(9-6-4-3-5-7-9)11(16-17)12(13,14)15/h3-8H,2H2,1H3. The van der Waals surface area contributed by atoms with Crippen molar-refractivity contribution in [2.24, 2.45) is 0 Å². The van der Waals surface area contributed by atoms with Crippen LogP contribution in [-0.4, -0.2) is 9.78 Å². The lowest BCUT2D eigenvalue weighted by atomic mass is 10.1. The van der Waals surface area contributed by atoms with Gasteiger partial charge in [0.1, 0.15) is 0 Å². The Hall–Kier alpha value is -1.78. The zero-order valence-electron chi connectivity index (χ0n) is 9.20. The third kappa shape index (κ3) is 2.33. The molecule has 0 atom stereocenters. The smallest absolute Gasteiger partial charge is 0.272 e. The van der Waals surface area contributed by atoms with Crippen molar-refractivity contribution < 1.29 is 13.2 Å². The number of aryl methyl sites for hydroxylation is 1. The van der Waals surface area contributed by atoms with Crippen molar-refractivity contribution >= 4 is 0 Å². The van der Waals surface area contributed by atoms with E-state index in [0.717, 1.165) is 0 Å². The van der Waals surface area contributed by atoms with Crippen molar-refractivity contribution in [2.75, 3.05) is 0 Å². The van der Waals surface area contributed by atoms with E-state index in [2.05, 4.69) is 5.10 Å². The predicted octanol–water partition coefficient (Wildman–Crippen LogP) is 3.59. The van der Waals surface area contributed by atoms with Gasteiger partial charge in [-0.2, -0.15) is 18.3 Å². The third-order valence-corrected chi connectivity index (χ3v) is 2.44. The number of halogens is 3. The maximum atomic E-state index is 12.8. The van der Waals surface area contributed by atoms with Gasteiger partial charge in [0, 0.05) is 18.3 Å². The molecule has 0 amide bonds. The molecule has 0 aliphatic carbocycles. The molecule has 0 unspecified atom stereocenters. The van der Waals surface area contributed by atoms with E-state index in [0.29, 0.717) is 12.1 Å². The maximum absolute atomic E-state index is 12.8. The zero-order valence-corrected chi connectivity index (χ0v) is 9.20. The average Bonchev–Trinajstić information content (AvgIpc) is 2.74. The van der Waals surface area contributed by atoms with Gasteiger partial charge in [-0.05, 0) is 12.5 Å². The van der Waals surface area contributed by atoms with Crippen molar-refractivity contribution in [3.63, 3.8) is 0 Å². The molecule has 0 saturated heterocycles. The van der Waals surface area contributed by atoms with E-state index >= 15 is 0 Å². The minimum Gasteiger partial charge on any atom is -0.272 e. The van der Waals surface area contributed by atoms with Crippen LogP contribution in [0.25, 0.3) is 11.1 Å². The Morgan fingerprint density at radius 2 is 1.82 bits per heavy atom. The maximum Gasteiger partial charge on any atom is 0.435 e. The van der Waals surface area contributed by atoms with Gasteiger partial charge in [-0.25, -0.2) is 0 Å². The van der Waals surface area contributed by atoms with Gasteiger partial charge in [-0.15, -0.1) is 0 Å². The van der Waals surface area contributed by atoms with Crippen LogP contribution in [0, 0.1) is 0 Å². The lowest BCUT2D eigenvalue weighted by Gasteiger charge is -2.05. The molecule has 90 valence electrons. The molecule has 2 rings (SSSR count). The van der Waals surface area contributed by atoms with Crippen LogP contribution in [0.2, 0.25) is 0 Å². The molecule has 0 radical (unpaired) electrons. The quantitative estimate of drug-likeness (QED) is 0.784. The van der Waals surface area contributed by atoms with Gasteiger partial charge in [0.25, 0.3) is 0 Å². The summed E-state index contributed by atoms with van der Waals surface area (Å²) >= 11 is 0. The van der Waals surface area contributed by atoms with Crippen molar-refractivity contribution in [2.45, 2.75) is 19.6 Å². The van der Waals surface area contributed by atoms with Crippen LogP contribution in [-0.2, 0) is 12.7 Å². The fourth-order valence-electron chi connectivity index (χ4n) is 1.62. The van der Waals surface area contributed by atoms with E-state index < -0.39 is 11.9 Å². The van der Waals surface area contributed by atoms with Crippen LogP contribution < -0.4 is 0 Å². The first-order valence-electron chi connectivity index (χ1n) is 5.22. The number of nitrogens with zero attached hydrogens (tertiary/aromatic N) is 2. The minimum absolute atomic E-state index is 0.125. The van der Waals surface area contributed by atoms with Crippen LogP contribution in [0.5, 0.6) is 0 Å². The van der Waals surface area contributed by atoms with Crippen LogP contribution in [0.15, 0.2) is 36.5 Å². The second kappa shape index (κ2) is 4.24. The first kappa shape index (κ1) is 11.7. The summed E-state index contributed by atoms with van der Waals surface area (Å²) in [5.41, 5.74) is -0.176. The second-order valence-corrected chi connectivity index (χ2v) is 3.61. The van der Waals surface area contributed by atoms with Gasteiger partial charge in [0.2, 0.25) is 0 Å². The van der Waals surface area contributed by atoms with Crippen LogP contribution in [0.1, 0.15) is 12.6 Å². The summed E-state index contributed by atoms with van der Waals surface area (Å²) in [6.07, 6.45) is -3.00. The molecule has 2 nitrogen and oxygen atoms in total. The van der Waals surface area contributed by atoms with E-state index in [9.17, 15) is 13.2 Å². The highest BCUT2D eigenvalue weighted by atomic mass is 19.4. The Labute approximate surface area is 96.7 Å². The van der Waals surface area contributed by atoms with Gasteiger partial charge in [-0.1, -0.05) is 30.3 Å². The summed E-state index contributed by atoms with van der Waals surface area (Å²) in [5.74, 6) is 0. The summed E-state index contributed by atoms with van der Waals surface area (Å²) in [6.45, 7) is 2.16. The van der Waals surface area contributed by atoms with Crippen molar-refractivity contribution in [1.82, 2.24) is 9.78 Å². The Morgan fingerprint density at radius 3 is 2.35 bits per heavy atom. The van der Waals surface area contributed by atoms with Gasteiger partial charge in [0.05, 0.1) is 0 Å². The Morgan fingerprint density at radius 1 is 1.18 bits per heavy atom. The lowest BCUT2D eigenvalue weighted by Crippen LogP contribution is -2.08. The van der Waals surface area contributed by atoms with Crippen molar-refractivity contribution in [3.05, 3.63) is 42.2 Å². The zero-order chi connectivity index (χ0) is 12.5. The molecule has 0 aliphatic heterocycles. The molecule has 0 bridgehead atoms. The van der Waals surface area contributed by atoms with Crippen molar-refractivity contribution in [3.8, 4) is 11.1 Å². The average molecular weight is 240 g/mol. The van der Waals surface area contributed by atoms with E-state index in [1.54, 1.807) is 37.3 Å². The molecule has 0 N–H and O–H groups in total. The number of alkyl halides is 3. The first-order valence-corrected chi connectivity index (χ1v) is 5.22. The highest BCUT2D eigenvalue weighted by molar-refractivity contribution is 5.65. The molecule has 1 heterocycles. The number of aromatic nitrogens is 2. The molecule has 0 aliphatic rings. The lowest BCUT2D eigenvalue weighted by molar-refractivity contribution is -0.141. The van der Waals surface area contributed by atoms with Gasteiger partial charge < -0.3 is 0 Å². The molecule has 0 saturated carbocycles. The predicted molar refractivity (Wildman–Crippen MR) is 58.3 cm³/mol. The molecule has 17 heavy (non-hydrogen) atoms. The number of rotatable bonds is 2. The highest BCUT2D eigenvalue weighted by Crippen LogP contribution is 2.35. The molecule has 5 heteroatoms. The second-order valence-electron chi connectivity index (χ2n) is 3.61. The van der Waals surface area contributed by atoms with E-state index in [1.165, 1.54) is 10.9 Å². The van der Waals surface area contributed by atoms with Crippen LogP contribution in [0.3, 0.4) is 0 Å². The largest absolute Gasteiger partial charge is 0.435 e. The fourth-order valence-corrected chi connectivity index (χ4v) is 1.62.